The predicted octanol–water partition coefficient (Wildman–Crippen LogP) is 27.5. The number of aliphatic hydroxyl groups excluding tert-OH is 2. The second-order valence-electron chi connectivity index (χ2n) is 28.5. The summed E-state index contributed by atoms with van der Waals surface area (Å²) in [7, 11) is 0. The van der Waals surface area contributed by atoms with Crippen molar-refractivity contribution in [3.8, 4) is 0 Å². The molecule has 0 aliphatic rings. The fourth-order valence-corrected chi connectivity index (χ4v) is 13.0. The number of aliphatic hydroxyl groups is 2. The highest BCUT2D eigenvalue weighted by atomic mass is 16.5. The second-order valence-corrected chi connectivity index (χ2v) is 28.5. The molecular weight excluding hydrogens is 1110 g/mol. The minimum absolute atomic E-state index is 0.00260. The van der Waals surface area contributed by atoms with E-state index in [1.807, 2.05) is 0 Å². The van der Waals surface area contributed by atoms with Crippen LogP contribution in [0.5, 0.6) is 0 Å². The number of amides is 1. The molecule has 1 amide bonds. The largest absolute Gasteiger partial charge is 0.466 e. The normalized spacial score (nSPS) is 12.7. The highest BCUT2D eigenvalue weighted by molar-refractivity contribution is 5.76. The first-order valence-corrected chi connectivity index (χ1v) is 41.4. The molecule has 2 unspecified atom stereocenters. The average molecular weight is 1280 g/mol. The molecule has 0 spiro atoms. The fourth-order valence-electron chi connectivity index (χ4n) is 13.0. The fraction of sp³-hybridized carbons (Fsp3) is 0.882. The zero-order chi connectivity index (χ0) is 65.6. The zero-order valence-corrected chi connectivity index (χ0v) is 61.6. The lowest BCUT2D eigenvalue weighted by molar-refractivity contribution is -0.143. The van der Waals surface area contributed by atoms with E-state index >= 15 is 0 Å². The lowest BCUT2D eigenvalue weighted by Gasteiger charge is -2.22. The highest BCUT2D eigenvalue weighted by Gasteiger charge is 2.20. The van der Waals surface area contributed by atoms with Crippen LogP contribution in [0.1, 0.15) is 457 Å². The number of unbranched alkanes of at least 4 members (excludes halogenated alkanes) is 59. The Labute approximate surface area is 569 Å². The Morgan fingerprint density at radius 3 is 0.868 bits per heavy atom. The lowest BCUT2D eigenvalue weighted by atomic mass is 10.0. The Morgan fingerprint density at radius 1 is 0.308 bits per heavy atom. The predicted molar refractivity (Wildman–Crippen MR) is 402 cm³/mol. The molecule has 6 heteroatoms. The van der Waals surface area contributed by atoms with E-state index in [0.29, 0.717) is 25.9 Å². The van der Waals surface area contributed by atoms with Crippen molar-refractivity contribution in [3.63, 3.8) is 0 Å². The van der Waals surface area contributed by atoms with Gasteiger partial charge in [-0.2, -0.15) is 0 Å². The molecule has 0 saturated heterocycles. The van der Waals surface area contributed by atoms with Gasteiger partial charge < -0.3 is 20.3 Å². The molecule has 0 fully saturated rings. The molecule has 0 heterocycles. The first-order valence-electron chi connectivity index (χ1n) is 41.4. The van der Waals surface area contributed by atoms with E-state index in [0.717, 1.165) is 57.8 Å². The van der Waals surface area contributed by atoms with E-state index in [4.69, 9.17) is 4.74 Å². The van der Waals surface area contributed by atoms with Gasteiger partial charge in [0, 0.05) is 12.8 Å². The molecule has 0 radical (unpaired) electrons. The van der Waals surface area contributed by atoms with Gasteiger partial charge in [-0.3, -0.25) is 9.59 Å². The number of hydrogen-bond donors (Lipinski definition) is 3. The molecule has 91 heavy (non-hydrogen) atoms. The molecular formula is C85H161NO5. The van der Waals surface area contributed by atoms with Crippen molar-refractivity contribution in [3.05, 3.63) is 48.6 Å². The van der Waals surface area contributed by atoms with Gasteiger partial charge in [0.05, 0.1) is 25.4 Å². The Bertz CT molecular complexity index is 1520. The van der Waals surface area contributed by atoms with Gasteiger partial charge >= 0.3 is 5.97 Å². The summed E-state index contributed by atoms with van der Waals surface area (Å²) in [5, 5.41) is 23.5. The second kappa shape index (κ2) is 80.3. The summed E-state index contributed by atoms with van der Waals surface area (Å²) in [5.41, 5.74) is 0. The van der Waals surface area contributed by atoms with E-state index in [1.165, 1.54) is 366 Å². The maximum absolute atomic E-state index is 12.6. The minimum atomic E-state index is -0.665. The van der Waals surface area contributed by atoms with E-state index in [-0.39, 0.29) is 18.5 Å². The van der Waals surface area contributed by atoms with Crippen LogP contribution >= 0.6 is 0 Å². The third-order valence-corrected chi connectivity index (χ3v) is 19.4. The van der Waals surface area contributed by atoms with Crippen molar-refractivity contribution in [2.45, 2.75) is 469 Å². The molecule has 0 aliphatic heterocycles. The van der Waals surface area contributed by atoms with Crippen molar-refractivity contribution in [2.24, 2.45) is 0 Å². The Hall–Kier alpha value is -2.18. The summed E-state index contributed by atoms with van der Waals surface area (Å²) in [6.45, 7) is 4.95. The molecule has 0 saturated carbocycles. The summed E-state index contributed by atoms with van der Waals surface area (Å²) in [6.07, 6.45) is 106. The summed E-state index contributed by atoms with van der Waals surface area (Å²) < 4.78 is 5.48. The number of allylic oxidation sites excluding steroid dienone is 8. The Kier molecular flexibility index (Phi) is 78.3. The number of ether oxygens (including phenoxy) is 1. The van der Waals surface area contributed by atoms with Crippen LogP contribution in [-0.2, 0) is 14.3 Å². The van der Waals surface area contributed by atoms with Crippen LogP contribution in [0.4, 0.5) is 0 Å². The van der Waals surface area contributed by atoms with Crippen LogP contribution in [0.3, 0.4) is 0 Å². The molecule has 6 nitrogen and oxygen atoms in total. The lowest BCUT2D eigenvalue weighted by Crippen LogP contribution is -2.45. The molecule has 0 aromatic carbocycles. The molecule has 0 rings (SSSR count). The number of esters is 1. The Morgan fingerprint density at radius 2 is 0.560 bits per heavy atom. The van der Waals surface area contributed by atoms with Crippen molar-refractivity contribution in [1.82, 2.24) is 5.32 Å². The summed E-state index contributed by atoms with van der Waals surface area (Å²) >= 11 is 0. The first-order chi connectivity index (χ1) is 45.0. The SMILES string of the molecule is CCCC/C=C\C/C=C\CCCCCCCC(=O)OCCCCCCCCCCCCC/C=C\C/C=C\CCCCCCCCCCCCCCCCCCCC(=O)NC(CO)C(O)CCCCCCCCCCCCCCCCCCCCCCCCCCC. The van der Waals surface area contributed by atoms with Crippen LogP contribution < -0.4 is 5.32 Å². The number of carbonyl (C=O) groups excluding carboxylic acids is 2. The third-order valence-electron chi connectivity index (χ3n) is 19.4. The topological polar surface area (TPSA) is 95.9 Å². The number of rotatable bonds is 78. The van der Waals surface area contributed by atoms with Crippen LogP contribution in [0, 0.1) is 0 Å². The smallest absolute Gasteiger partial charge is 0.305 e. The van der Waals surface area contributed by atoms with Gasteiger partial charge in [0.15, 0.2) is 0 Å². The standard InChI is InChI=1S/C85H161NO5/c1-3-5-7-9-11-13-15-17-19-20-21-22-23-35-38-41-44-47-50-53-57-61-65-69-73-77-83(88)82(81-87)86-84(89)78-74-70-66-62-58-54-51-48-45-42-39-36-33-31-29-27-25-24-26-28-30-32-34-37-40-43-46-49-52-56-60-64-68-72-76-80-91-85(90)79-75-71-67-63-59-55-18-16-14-12-10-8-6-4-2/h10,12,16,18,26,28,32,34,82-83,87-88H,3-9,11,13-15,17,19-25,27,29-31,33,35-81H2,1-2H3,(H,86,89)/b12-10-,18-16-,28-26-,34-32-. The van der Waals surface area contributed by atoms with E-state index < -0.39 is 12.1 Å². The van der Waals surface area contributed by atoms with Gasteiger partial charge in [0.2, 0.25) is 5.91 Å². The average Bonchev–Trinajstić information content (AvgIpc) is 3.64. The Balaban J connectivity index is 3.38. The van der Waals surface area contributed by atoms with Gasteiger partial charge in [-0.05, 0) is 83.5 Å². The van der Waals surface area contributed by atoms with Crippen molar-refractivity contribution < 1.29 is 24.5 Å². The van der Waals surface area contributed by atoms with Crippen molar-refractivity contribution in [2.75, 3.05) is 13.2 Å². The first kappa shape index (κ1) is 88.8. The van der Waals surface area contributed by atoms with Gasteiger partial charge in [0.25, 0.3) is 0 Å². The van der Waals surface area contributed by atoms with E-state index in [2.05, 4.69) is 67.8 Å². The monoisotopic (exact) mass is 1280 g/mol. The van der Waals surface area contributed by atoms with Crippen LogP contribution in [0.15, 0.2) is 48.6 Å². The maximum Gasteiger partial charge on any atom is 0.305 e. The third kappa shape index (κ3) is 76.7. The van der Waals surface area contributed by atoms with Crippen molar-refractivity contribution in [1.29, 1.82) is 0 Å². The molecule has 0 bridgehead atoms. The maximum atomic E-state index is 12.6. The van der Waals surface area contributed by atoms with E-state index in [1.54, 1.807) is 0 Å². The van der Waals surface area contributed by atoms with Gasteiger partial charge in [-0.1, -0.05) is 409 Å². The zero-order valence-electron chi connectivity index (χ0n) is 61.6. The summed E-state index contributed by atoms with van der Waals surface area (Å²) in [5.74, 6) is -0.0246. The van der Waals surface area contributed by atoms with Crippen LogP contribution in [0.25, 0.3) is 0 Å². The van der Waals surface area contributed by atoms with Gasteiger partial charge in [0.1, 0.15) is 0 Å². The number of carbonyl (C=O) groups is 2. The molecule has 536 valence electrons. The molecule has 2 atom stereocenters. The molecule has 0 aromatic rings. The van der Waals surface area contributed by atoms with Gasteiger partial charge in [-0.15, -0.1) is 0 Å². The van der Waals surface area contributed by atoms with E-state index in [9.17, 15) is 19.8 Å². The summed E-state index contributed by atoms with van der Waals surface area (Å²) in [6, 6.07) is -0.542. The molecule has 0 aliphatic carbocycles. The molecule has 3 N–H and O–H groups in total. The summed E-state index contributed by atoms with van der Waals surface area (Å²) in [4.78, 5) is 24.7. The highest BCUT2D eigenvalue weighted by Crippen LogP contribution is 2.20. The van der Waals surface area contributed by atoms with Crippen molar-refractivity contribution >= 4 is 11.9 Å². The number of hydrogen-bond acceptors (Lipinski definition) is 5. The minimum Gasteiger partial charge on any atom is -0.466 e. The van der Waals surface area contributed by atoms with Crippen LogP contribution in [-0.4, -0.2) is 47.4 Å². The molecule has 0 aromatic heterocycles. The van der Waals surface area contributed by atoms with Crippen LogP contribution in [0.2, 0.25) is 0 Å². The quantitative estimate of drug-likeness (QED) is 0.0320. The number of nitrogens with one attached hydrogen (secondary N) is 1. The van der Waals surface area contributed by atoms with Gasteiger partial charge in [-0.25, -0.2) is 0 Å².